The van der Waals surface area contributed by atoms with Gasteiger partial charge in [0.1, 0.15) is 5.82 Å². The van der Waals surface area contributed by atoms with Gasteiger partial charge in [0.05, 0.1) is 18.5 Å². The Kier molecular flexibility index (Phi) is 6.64. The molecule has 0 aliphatic rings. The molecule has 0 spiro atoms. The van der Waals surface area contributed by atoms with Crippen LogP contribution in [0.25, 0.3) is 0 Å². The summed E-state index contributed by atoms with van der Waals surface area (Å²) in [5, 5.41) is 14.7. The number of amides is 1. The summed E-state index contributed by atoms with van der Waals surface area (Å²) in [6, 6.07) is 15.5. The van der Waals surface area contributed by atoms with Crippen molar-refractivity contribution in [1.82, 2.24) is 0 Å². The van der Waals surface area contributed by atoms with Gasteiger partial charge in [0.25, 0.3) is 0 Å². The van der Waals surface area contributed by atoms with Gasteiger partial charge in [-0.3, -0.25) is 4.79 Å². The average Bonchev–Trinajstić information content (AvgIpc) is 2.60. The fraction of sp³-hybridized carbons (Fsp3) is 0.222. The normalized spacial score (nSPS) is 11.4. The summed E-state index contributed by atoms with van der Waals surface area (Å²) in [6.07, 6.45) is 0. The number of hydrogen-bond donors (Lipinski definition) is 2. The van der Waals surface area contributed by atoms with Gasteiger partial charge in [0, 0.05) is 22.0 Å². The van der Waals surface area contributed by atoms with Crippen LogP contribution in [0.3, 0.4) is 0 Å². The third-order valence-corrected chi connectivity index (χ3v) is 4.50. The molecule has 0 aliphatic carbocycles. The van der Waals surface area contributed by atoms with E-state index in [0.717, 1.165) is 10.6 Å². The van der Waals surface area contributed by atoms with E-state index in [0.29, 0.717) is 11.4 Å². The molecule has 0 fully saturated rings. The molecule has 2 rings (SSSR count). The summed E-state index contributed by atoms with van der Waals surface area (Å²) in [5.41, 5.74) is 1.40. The number of thioether (sulfide) groups is 1. The van der Waals surface area contributed by atoms with Crippen molar-refractivity contribution in [3.05, 3.63) is 54.3 Å². The summed E-state index contributed by atoms with van der Waals surface area (Å²) in [5.74, 6) is 0.0945. The number of anilines is 2. The van der Waals surface area contributed by atoms with Crippen molar-refractivity contribution in [3.63, 3.8) is 0 Å². The first-order valence-corrected chi connectivity index (χ1v) is 8.48. The first kappa shape index (κ1) is 17.8. The van der Waals surface area contributed by atoms with Crippen molar-refractivity contribution in [3.8, 4) is 6.07 Å². The van der Waals surface area contributed by atoms with Crippen LogP contribution in [0.1, 0.15) is 6.92 Å². The molecule has 4 nitrogen and oxygen atoms in total. The Labute approximate surface area is 145 Å². The van der Waals surface area contributed by atoms with Gasteiger partial charge < -0.3 is 10.6 Å². The number of nitrogens with zero attached hydrogens (tertiary/aromatic N) is 1. The van der Waals surface area contributed by atoms with Crippen molar-refractivity contribution >= 4 is 29.0 Å². The number of carbonyl (C=O) groups is 1. The number of halogens is 1. The maximum atomic E-state index is 12.8. The van der Waals surface area contributed by atoms with E-state index in [1.54, 1.807) is 11.8 Å². The summed E-state index contributed by atoms with van der Waals surface area (Å²) in [7, 11) is 0. The number of hydrogen-bond acceptors (Lipinski definition) is 4. The van der Waals surface area contributed by atoms with Crippen molar-refractivity contribution < 1.29 is 9.18 Å². The van der Waals surface area contributed by atoms with Crippen molar-refractivity contribution in [2.75, 3.05) is 22.9 Å². The van der Waals surface area contributed by atoms with Gasteiger partial charge >= 0.3 is 0 Å². The van der Waals surface area contributed by atoms with E-state index < -0.39 is 0 Å². The molecule has 0 saturated carbocycles. The quantitative estimate of drug-likeness (QED) is 0.742. The SMILES string of the molecule is C[C@H](C#N)CSc1ccccc1NCC(=O)Nc1ccc(F)cc1. The smallest absolute Gasteiger partial charge is 0.243 e. The number of carbonyl (C=O) groups excluding carboxylic acids is 1. The Morgan fingerprint density at radius 1 is 1.25 bits per heavy atom. The summed E-state index contributed by atoms with van der Waals surface area (Å²) < 4.78 is 12.8. The zero-order valence-corrected chi connectivity index (χ0v) is 14.1. The minimum atomic E-state index is -0.344. The van der Waals surface area contributed by atoms with Gasteiger partial charge in [-0.15, -0.1) is 11.8 Å². The van der Waals surface area contributed by atoms with Crippen LogP contribution >= 0.6 is 11.8 Å². The second-order valence-electron chi connectivity index (χ2n) is 5.25. The molecule has 0 bridgehead atoms. The van der Waals surface area contributed by atoms with Crippen LogP contribution in [0.5, 0.6) is 0 Å². The van der Waals surface area contributed by atoms with E-state index >= 15 is 0 Å². The Hall–Kier alpha value is -2.52. The lowest BCUT2D eigenvalue weighted by atomic mass is 10.3. The summed E-state index contributed by atoms with van der Waals surface area (Å²) >= 11 is 1.58. The number of nitriles is 1. The Morgan fingerprint density at radius 2 is 1.96 bits per heavy atom. The van der Waals surface area contributed by atoms with E-state index in [1.807, 2.05) is 31.2 Å². The molecule has 1 atom stereocenters. The highest BCUT2D eigenvalue weighted by Crippen LogP contribution is 2.28. The van der Waals surface area contributed by atoms with Gasteiger partial charge in [-0.1, -0.05) is 12.1 Å². The number of rotatable bonds is 7. The third kappa shape index (κ3) is 5.60. The third-order valence-electron chi connectivity index (χ3n) is 3.16. The topological polar surface area (TPSA) is 64.9 Å². The average molecular weight is 343 g/mol. The summed E-state index contributed by atoms with van der Waals surface area (Å²) in [6.45, 7) is 1.97. The molecule has 124 valence electrons. The largest absolute Gasteiger partial charge is 0.375 e. The van der Waals surface area contributed by atoms with E-state index in [2.05, 4.69) is 16.7 Å². The molecule has 0 heterocycles. The second kappa shape index (κ2) is 8.94. The van der Waals surface area contributed by atoms with Gasteiger partial charge in [-0.25, -0.2) is 4.39 Å². The molecule has 2 N–H and O–H groups in total. The lowest BCUT2D eigenvalue weighted by molar-refractivity contribution is -0.114. The lowest BCUT2D eigenvalue weighted by Gasteiger charge is -2.12. The standard InChI is InChI=1S/C18H18FN3OS/c1-13(10-20)12-24-17-5-3-2-4-16(17)21-11-18(23)22-15-8-6-14(19)7-9-15/h2-9,13,21H,11-12H2,1H3,(H,22,23)/t13-/m1/s1. The molecule has 2 aromatic rings. The van der Waals surface area contributed by atoms with E-state index in [-0.39, 0.29) is 24.2 Å². The highest BCUT2D eigenvalue weighted by atomic mass is 32.2. The van der Waals surface area contributed by atoms with Gasteiger partial charge in [-0.2, -0.15) is 5.26 Å². The highest BCUT2D eigenvalue weighted by molar-refractivity contribution is 7.99. The molecule has 6 heteroatoms. The zero-order chi connectivity index (χ0) is 17.4. The minimum Gasteiger partial charge on any atom is -0.375 e. The van der Waals surface area contributed by atoms with Crippen LogP contribution < -0.4 is 10.6 Å². The minimum absolute atomic E-state index is 0.0372. The van der Waals surface area contributed by atoms with Crippen molar-refractivity contribution in [1.29, 1.82) is 5.26 Å². The van der Waals surface area contributed by atoms with Crippen LogP contribution in [0, 0.1) is 23.1 Å². The predicted octanol–water partition coefficient (Wildman–Crippen LogP) is 4.13. The molecule has 1 amide bonds. The fourth-order valence-electron chi connectivity index (χ4n) is 1.90. The molecule has 0 aliphatic heterocycles. The van der Waals surface area contributed by atoms with E-state index in [9.17, 15) is 9.18 Å². The van der Waals surface area contributed by atoms with Crippen LogP contribution in [0.2, 0.25) is 0 Å². The first-order valence-electron chi connectivity index (χ1n) is 7.49. The molecule has 24 heavy (non-hydrogen) atoms. The maximum Gasteiger partial charge on any atom is 0.243 e. The summed E-state index contributed by atoms with van der Waals surface area (Å²) in [4.78, 5) is 13.0. The van der Waals surface area contributed by atoms with Crippen LogP contribution in [0.15, 0.2) is 53.4 Å². The molecule has 2 aromatic carbocycles. The fourth-order valence-corrected chi connectivity index (χ4v) is 2.88. The molecule has 0 unspecified atom stereocenters. The number of nitrogens with one attached hydrogen (secondary N) is 2. The number of para-hydroxylation sites is 1. The van der Waals surface area contributed by atoms with E-state index in [4.69, 9.17) is 5.26 Å². The molecule has 0 saturated heterocycles. The van der Waals surface area contributed by atoms with Crippen LogP contribution in [-0.2, 0) is 4.79 Å². The lowest BCUT2D eigenvalue weighted by Crippen LogP contribution is -2.22. The Bertz CT molecular complexity index is 728. The van der Waals surface area contributed by atoms with E-state index in [1.165, 1.54) is 24.3 Å². The molecule has 0 aromatic heterocycles. The highest BCUT2D eigenvalue weighted by Gasteiger charge is 2.08. The maximum absolute atomic E-state index is 12.8. The monoisotopic (exact) mass is 343 g/mol. The zero-order valence-electron chi connectivity index (χ0n) is 13.3. The molecular weight excluding hydrogens is 325 g/mol. The molecular formula is C18H18FN3OS. The van der Waals surface area contributed by atoms with Gasteiger partial charge in [0.2, 0.25) is 5.91 Å². The van der Waals surface area contributed by atoms with Gasteiger partial charge in [0.15, 0.2) is 0 Å². The molecule has 0 radical (unpaired) electrons. The Balaban J connectivity index is 1.90. The van der Waals surface area contributed by atoms with Crippen LogP contribution in [0.4, 0.5) is 15.8 Å². The van der Waals surface area contributed by atoms with Crippen molar-refractivity contribution in [2.24, 2.45) is 5.92 Å². The van der Waals surface area contributed by atoms with Gasteiger partial charge in [-0.05, 0) is 43.3 Å². The Morgan fingerprint density at radius 3 is 2.67 bits per heavy atom. The second-order valence-corrected chi connectivity index (χ2v) is 6.31. The van der Waals surface area contributed by atoms with Crippen molar-refractivity contribution in [2.45, 2.75) is 11.8 Å². The first-order chi connectivity index (χ1) is 11.6. The predicted molar refractivity (Wildman–Crippen MR) is 95.5 cm³/mol. The number of benzene rings is 2. The van der Waals surface area contributed by atoms with Crippen LogP contribution in [-0.4, -0.2) is 18.2 Å².